The third-order valence-corrected chi connectivity index (χ3v) is 5.63. The van der Waals surface area contributed by atoms with Crippen molar-refractivity contribution in [2.24, 2.45) is 15.8 Å². The summed E-state index contributed by atoms with van der Waals surface area (Å²) in [5.74, 6) is 0.871. The Balaban J connectivity index is 0.00000529. The molecule has 0 saturated heterocycles. The minimum Gasteiger partial charge on any atom is -0.396 e. The Morgan fingerprint density at radius 1 is 1.21 bits per heavy atom. The molecule has 0 spiro atoms. The fraction of sp³-hybridized carbons (Fsp3) is 0.944. The summed E-state index contributed by atoms with van der Waals surface area (Å²) >= 11 is 0. The lowest BCUT2D eigenvalue weighted by Crippen LogP contribution is -2.47. The van der Waals surface area contributed by atoms with Gasteiger partial charge in [-0.15, -0.1) is 24.0 Å². The number of guanidine groups is 1. The molecule has 1 aliphatic rings. The zero-order valence-electron chi connectivity index (χ0n) is 16.0. The Morgan fingerprint density at radius 2 is 1.88 bits per heavy atom. The van der Waals surface area contributed by atoms with Gasteiger partial charge in [0, 0.05) is 32.2 Å². The van der Waals surface area contributed by atoms with Crippen LogP contribution in [0.1, 0.15) is 59.3 Å². The van der Waals surface area contributed by atoms with Gasteiger partial charge in [0.25, 0.3) is 0 Å². The largest absolute Gasteiger partial charge is 0.396 e. The molecular weight excluding hydrogens is 417 g/mol. The zero-order valence-corrected chi connectivity index (χ0v) is 18.3. The molecule has 144 valence electrons. The first-order valence-corrected chi connectivity index (χ1v) is 9.21. The number of halogens is 1. The Hall–Kier alpha value is -0.0800. The molecule has 0 aromatic rings. The van der Waals surface area contributed by atoms with Crippen LogP contribution in [0.3, 0.4) is 0 Å². The summed E-state index contributed by atoms with van der Waals surface area (Å²) in [6, 6.07) is 0. The third-order valence-electron chi connectivity index (χ3n) is 5.63. The van der Waals surface area contributed by atoms with Gasteiger partial charge in [-0.05, 0) is 44.4 Å². The van der Waals surface area contributed by atoms with E-state index in [-0.39, 0.29) is 36.0 Å². The van der Waals surface area contributed by atoms with Gasteiger partial charge in [-0.25, -0.2) is 0 Å². The summed E-state index contributed by atoms with van der Waals surface area (Å²) in [6.07, 6.45) is 6.86. The molecule has 5 nitrogen and oxygen atoms in total. The SMILES string of the molecule is CCNC(=NCC(CC)(CC)CO)NCC1(CCOC)CCC1.I. The van der Waals surface area contributed by atoms with Gasteiger partial charge in [-0.3, -0.25) is 4.99 Å². The van der Waals surface area contributed by atoms with Gasteiger partial charge < -0.3 is 20.5 Å². The number of ether oxygens (including phenoxy) is 1. The molecule has 0 aromatic carbocycles. The fourth-order valence-corrected chi connectivity index (χ4v) is 3.12. The standard InChI is InChI=1S/C18H37N3O2.HI/c1-5-17(6-2,15-22)13-20-16(19-7-3)21-14-18(9-8-10-18)11-12-23-4;/h22H,5-15H2,1-4H3,(H2,19,20,21);1H. The van der Waals surface area contributed by atoms with Crippen LogP contribution in [-0.4, -0.2) is 51.0 Å². The van der Waals surface area contributed by atoms with Crippen molar-refractivity contribution >= 4 is 29.9 Å². The van der Waals surface area contributed by atoms with Crippen molar-refractivity contribution in [3.05, 3.63) is 0 Å². The molecule has 0 aromatic heterocycles. The maximum atomic E-state index is 9.70. The van der Waals surface area contributed by atoms with E-state index in [2.05, 4.69) is 31.4 Å². The molecule has 1 rings (SSSR count). The molecule has 6 heteroatoms. The van der Waals surface area contributed by atoms with Gasteiger partial charge in [0.05, 0.1) is 13.2 Å². The van der Waals surface area contributed by atoms with Crippen molar-refractivity contribution in [2.75, 3.05) is 40.0 Å². The van der Waals surface area contributed by atoms with Crippen LogP contribution >= 0.6 is 24.0 Å². The van der Waals surface area contributed by atoms with Crippen LogP contribution < -0.4 is 10.6 Å². The summed E-state index contributed by atoms with van der Waals surface area (Å²) in [7, 11) is 1.77. The predicted molar refractivity (Wildman–Crippen MR) is 112 cm³/mol. The Kier molecular flexibility index (Phi) is 12.3. The summed E-state index contributed by atoms with van der Waals surface area (Å²) in [5.41, 5.74) is 0.280. The average Bonchev–Trinajstić information content (AvgIpc) is 2.55. The van der Waals surface area contributed by atoms with Crippen molar-refractivity contribution in [2.45, 2.75) is 59.3 Å². The molecule has 1 fully saturated rings. The van der Waals surface area contributed by atoms with E-state index >= 15 is 0 Å². The first kappa shape index (κ1) is 23.9. The van der Waals surface area contributed by atoms with Crippen molar-refractivity contribution in [3.8, 4) is 0 Å². The van der Waals surface area contributed by atoms with E-state index in [1.165, 1.54) is 19.3 Å². The number of hydrogen-bond acceptors (Lipinski definition) is 3. The van der Waals surface area contributed by atoms with Crippen LogP contribution in [0.15, 0.2) is 4.99 Å². The van der Waals surface area contributed by atoms with Crippen molar-refractivity contribution in [1.82, 2.24) is 10.6 Å². The molecule has 3 N–H and O–H groups in total. The van der Waals surface area contributed by atoms with Crippen LogP contribution in [0.5, 0.6) is 0 Å². The number of nitrogens with one attached hydrogen (secondary N) is 2. The highest BCUT2D eigenvalue weighted by Gasteiger charge is 2.36. The van der Waals surface area contributed by atoms with Gasteiger partial charge >= 0.3 is 0 Å². The topological polar surface area (TPSA) is 65.9 Å². The first-order valence-electron chi connectivity index (χ1n) is 9.21. The van der Waals surface area contributed by atoms with Crippen LogP contribution in [0.2, 0.25) is 0 Å². The van der Waals surface area contributed by atoms with E-state index in [0.29, 0.717) is 12.0 Å². The van der Waals surface area contributed by atoms with Gasteiger partial charge in [0.2, 0.25) is 0 Å². The molecule has 0 amide bonds. The second-order valence-electron chi connectivity index (χ2n) is 7.01. The molecular formula is C18H38IN3O2. The van der Waals surface area contributed by atoms with E-state index in [9.17, 15) is 5.11 Å². The maximum absolute atomic E-state index is 9.70. The number of aliphatic hydroxyl groups is 1. The third kappa shape index (κ3) is 7.04. The second kappa shape index (κ2) is 12.3. The monoisotopic (exact) mass is 455 g/mol. The highest BCUT2D eigenvalue weighted by Crippen LogP contribution is 2.43. The molecule has 0 atom stereocenters. The zero-order chi connectivity index (χ0) is 17.2. The quantitative estimate of drug-likeness (QED) is 0.255. The maximum Gasteiger partial charge on any atom is 0.191 e. The number of methoxy groups -OCH3 is 1. The number of aliphatic imine (C=N–C) groups is 1. The lowest BCUT2D eigenvalue weighted by Gasteiger charge is -2.42. The van der Waals surface area contributed by atoms with Crippen LogP contribution in [0.4, 0.5) is 0 Å². The lowest BCUT2D eigenvalue weighted by atomic mass is 9.67. The Labute approximate surface area is 165 Å². The summed E-state index contributed by atoms with van der Waals surface area (Å²) in [5, 5.41) is 16.5. The molecule has 0 heterocycles. The highest BCUT2D eigenvalue weighted by molar-refractivity contribution is 14.0. The van der Waals surface area contributed by atoms with Crippen LogP contribution in [0.25, 0.3) is 0 Å². The Bertz CT molecular complexity index is 348. The predicted octanol–water partition coefficient (Wildman–Crippen LogP) is 3.17. The molecule has 0 unspecified atom stereocenters. The van der Waals surface area contributed by atoms with Gasteiger partial charge in [-0.2, -0.15) is 0 Å². The molecule has 0 bridgehead atoms. The van der Waals surface area contributed by atoms with Crippen molar-refractivity contribution < 1.29 is 9.84 Å². The molecule has 24 heavy (non-hydrogen) atoms. The smallest absolute Gasteiger partial charge is 0.191 e. The van der Waals surface area contributed by atoms with E-state index in [1.54, 1.807) is 7.11 Å². The van der Waals surface area contributed by atoms with Crippen molar-refractivity contribution in [3.63, 3.8) is 0 Å². The minimum atomic E-state index is -0.0907. The molecule has 1 aliphatic carbocycles. The van der Waals surface area contributed by atoms with Crippen molar-refractivity contribution in [1.29, 1.82) is 0 Å². The van der Waals surface area contributed by atoms with Gasteiger partial charge in [-0.1, -0.05) is 20.3 Å². The normalized spacial score (nSPS) is 17.0. The summed E-state index contributed by atoms with van der Waals surface area (Å²) < 4.78 is 5.26. The summed E-state index contributed by atoms with van der Waals surface area (Å²) in [6.45, 7) is 9.83. The van der Waals surface area contributed by atoms with Gasteiger partial charge in [0.1, 0.15) is 0 Å². The van der Waals surface area contributed by atoms with E-state index in [1.807, 2.05) is 0 Å². The molecule has 0 aliphatic heterocycles. The average molecular weight is 455 g/mol. The van der Waals surface area contributed by atoms with Crippen LogP contribution in [-0.2, 0) is 4.74 Å². The second-order valence-corrected chi connectivity index (χ2v) is 7.01. The van der Waals surface area contributed by atoms with Crippen LogP contribution in [0, 0.1) is 10.8 Å². The highest BCUT2D eigenvalue weighted by atomic mass is 127. The molecule has 0 radical (unpaired) electrons. The Morgan fingerprint density at radius 3 is 2.29 bits per heavy atom. The number of hydrogen-bond donors (Lipinski definition) is 3. The molecule has 1 saturated carbocycles. The number of aliphatic hydroxyl groups excluding tert-OH is 1. The van der Waals surface area contributed by atoms with E-state index in [4.69, 9.17) is 9.73 Å². The summed E-state index contributed by atoms with van der Waals surface area (Å²) in [4.78, 5) is 4.74. The number of nitrogens with zero attached hydrogens (tertiary/aromatic N) is 1. The van der Waals surface area contributed by atoms with Gasteiger partial charge in [0.15, 0.2) is 5.96 Å². The van der Waals surface area contributed by atoms with E-state index in [0.717, 1.165) is 44.9 Å². The first-order chi connectivity index (χ1) is 11.1. The fourth-order valence-electron chi connectivity index (χ4n) is 3.12. The number of rotatable bonds is 11. The minimum absolute atomic E-state index is 0. The lowest BCUT2D eigenvalue weighted by molar-refractivity contribution is 0.0732. The van der Waals surface area contributed by atoms with E-state index < -0.39 is 0 Å².